The van der Waals surface area contributed by atoms with Crippen LogP contribution < -0.4 is 0 Å². The summed E-state index contributed by atoms with van der Waals surface area (Å²) in [6.07, 6.45) is 0. The monoisotopic (exact) mass is 215 g/mol. The maximum absolute atomic E-state index is 5.10. The van der Waals surface area contributed by atoms with Gasteiger partial charge in [0.15, 0.2) is 0 Å². The topological polar surface area (TPSA) is 19.0 Å². The van der Waals surface area contributed by atoms with E-state index >= 15 is 0 Å². The third-order valence-electron chi connectivity index (χ3n) is 2.96. The highest BCUT2D eigenvalue weighted by molar-refractivity contribution is 4.64. The molecule has 4 nitrogen and oxygen atoms in total. The SMILES string of the molecule is CN1CCN(C)CC1.CN1CCOCC1. The van der Waals surface area contributed by atoms with Gasteiger partial charge >= 0.3 is 0 Å². The molecule has 0 atom stereocenters. The first-order valence-electron chi connectivity index (χ1n) is 5.82. The molecule has 2 rings (SSSR count). The van der Waals surface area contributed by atoms with Crippen molar-refractivity contribution < 1.29 is 4.74 Å². The van der Waals surface area contributed by atoms with Crippen LogP contribution in [0.25, 0.3) is 0 Å². The van der Waals surface area contributed by atoms with E-state index in [1.54, 1.807) is 0 Å². The lowest BCUT2D eigenvalue weighted by Crippen LogP contribution is -2.42. The fraction of sp³-hybridized carbons (Fsp3) is 1.00. The van der Waals surface area contributed by atoms with E-state index in [2.05, 4.69) is 35.8 Å². The van der Waals surface area contributed by atoms with Crippen LogP contribution in [-0.4, -0.2) is 88.3 Å². The van der Waals surface area contributed by atoms with Crippen molar-refractivity contribution in [2.24, 2.45) is 0 Å². The Kier molecular flexibility index (Phi) is 6.17. The van der Waals surface area contributed by atoms with Gasteiger partial charge in [0.05, 0.1) is 13.2 Å². The molecule has 2 aliphatic heterocycles. The van der Waals surface area contributed by atoms with Crippen LogP contribution in [0.5, 0.6) is 0 Å². The molecule has 2 fully saturated rings. The summed E-state index contributed by atoms with van der Waals surface area (Å²) in [5, 5.41) is 0. The van der Waals surface area contributed by atoms with Crippen molar-refractivity contribution >= 4 is 0 Å². The van der Waals surface area contributed by atoms with Crippen LogP contribution in [0, 0.1) is 0 Å². The van der Waals surface area contributed by atoms with Gasteiger partial charge in [-0.15, -0.1) is 0 Å². The largest absolute Gasteiger partial charge is 0.379 e. The first-order valence-corrected chi connectivity index (χ1v) is 5.82. The molecule has 0 bridgehead atoms. The molecule has 0 unspecified atom stereocenters. The van der Waals surface area contributed by atoms with Crippen LogP contribution in [0.1, 0.15) is 0 Å². The Morgan fingerprint density at radius 1 is 0.600 bits per heavy atom. The van der Waals surface area contributed by atoms with Gasteiger partial charge in [-0.05, 0) is 21.1 Å². The van der Waals surface area contributed by atoms with Gasteiger partial charge in [0.2, 0.25) is 0 Å². The minimum Gasteiger partial charge on any atom is -0.379 e. The summed E-state index contributed by atoms with van der Waals surface area (Å²) in [5.41, 5.74) is 0. The quantitative estimate of drug-likeness (QED) is 0.557. The summed E-state index contributed by atoms with van der Waals surface area (Å²) in [5.74, 6) is 0. The van der Waals surface area contributed by atoms with E-state index in [0.29, 0.717) is 0 Å². The first kappa shape index (κ1) is 12.9. The molecule has 2 heterocycles. The zero-order chi connectivity index (χ0) is 11.1. The van der Waals surface area contributed by atoms with Gasteiger partial charge in [-0.25, -0.2) is 0 Å². The number of piperazine rings is 1. The van der Waals surface area contributed by atoms with Crippen LogP contribution in [0.2, 0.25) is 0 Å². The number of nitrogens with zero attached hydrogens (tertiary/aromatic N) is 3. The van der Waals surface area contributed by atoms with Crippen LogP contribution in [-0.2, 0) is 4.74 Å². The molecule has 15 heavy (non-hydrogen) atoms. The summed E-state index contributed by atoms with van der Waals surface area (Å²) in [7, 11) is 6.46. The van der Waals surface area contributed by atoms with E-state index in [1.165, 1.54) is 26.2 Å². The van der Waals surface area contributed by atoms with Crippen molar-refractivity contribution in [2.75, 3.05) is 73.6 Å². The Morgan fingerprint density at radius 3 is 1.20 bits per heavy atom. The first-order chi connectivity index (χ1) is 7.18. The van der Waals surface area contributed by atoms with Crippen LogP contribution in [0.3, 0.4) is 0 Å². The Labute approximate surface area is 93.8 Å². The van der Waals surface area contributed by atoms with Crippen molar-refractivity contribution in [3.8, 4) is 0 Å². The number of hydrogen-bond donors (Lipinski definition) is 0. The van der Waals surface area contributed by atoms with Crippen molar-refractivity contribution in [1.82, 2.24) is 14.7 Å². The summed E-state index contributed by atoms with van der Waals surface area (Å²) < 4.78 is 5.10. The third kappa shape index (κ3) is 6.10. The molecule has 0 saturated carbocycles. The zero-order valence-corrected chi connectivity index (χ0v) is 10.4. The fourth-order valence-corrected chi connectivity index (χ4v) is 1.56. The zero-order valence-electron chi connectivity index (χ0n) is 10.4. The number of likely N-dealkylation sites (N-methyl/N-ethyl adjacent to an activating group) is 3. The number of ether oxygens (including phenoxy) is 1. The van der Waals surface area contributed by atoms with E-state index < -0.39 is 0 Å². The molecule has 90 valence electrons. The highest BCUT2D eigenvalue weighted by Gasteiger charge is 2.07. The highest BCUT2D eigenvalue weighted by Crippen LogP contribution is 1.93. The van der Waals surface area contributed by atoms with Gasteiger partial charge in [-0.3, -0.25) is 0 Å². The Bertz CT molecular complexity index is 142. The lowest BCUT2D eigenvalue weighted by Gasteiger charge is -2.28. The smallest absolute Gasteiger partial charge is 0.0594 e. The molecule has 2 saturated heterocycles. The van der Waals surface area contributed by atoms with E-state index in [-0.39, 0.29) is 0 Å². The molecule has 0 spiro atoms. The van der Waals surface area contributed by atoms with Crippen molar-refractivity contribution in [2.45, 2.75) is 0 Å². The minimum atomic E-state index is 0.913. The molecule has 0 aromatic carbocycles. The van der Waals surface area contributed by atoms with Gasteiger partial charge in [0.25, 0.3) is 0 Å². The molecular weight excluding hydrogens is 190 g/mol. The second kappa shape index (κ2) is 7.17. The summed E-state index contributed by atoms with van der Waals surface area (Å²) >= 11 is 0. The fourth-order valence-electron chi connectivity index (χ4n) is 1.56. The summed E-state index contributed by atoms with van der Waals surface area (Å²) in [6, 6.07) is 0. The normalized spacial score (nSPS) is 25.8. The van der Waals surface area contributed by atoms with Crippen LogP contribution in [0.15, 0.2) is 0 Å². The van der Waals surface area contributed by atoms with Gasteiger partial charge in [0, 0.05) is 39.3 Å². The molecule has 0 aromatic heterocycles. The van der Waals surface area contributed by atoms with Gasteiger partial charge in [-0.2, -0.15) is 0 Å². The van der Waals surface area contributed by atoms with Crippen molar-refractivity contribution in [3.05, 3.63) is 0 Å². The predicted octanol–water partition coefficient (Wildman–Crippen LogP) is -0.188. The second-order valence-corrected chi connectivity index (χ2v) is 4.52. The molecule has 0 radical (unpaired) electrons. The summed E-state index contributed by atoms with van der Waals surface area (Å²) in [6.45, 7) is 8.95. The van der Waals surface area contributed by atoms with E-state index in [4.69, 9.17) is 4.74 Å². The van der Waals surface area contributed by atoms with E-state index in [1.807, 2.05) is 0 Å². The third-order valence-corrected chi connectivity index (χ3v) is 2.96. The maximum Gasteiger partial charge on any atom is 0.0594 e. The highest BCUT2D eigenvalue weighted by atomic mass is 16.5. The van der Waals surface area contributed by atoms with E-state index in [9.17, 15) is 0 Å². The number of hydrogen-bond acceptors (Lipinski definition) is 4. The van der Waals surface area contributed by atoms with Crippen molar-refractivity contribution in [1.29, 1.82) is 0 Å². The molecule has 2 aliphatic rings. The lowest BCUT2D eigenvalue weighted by atomic mass is 10.4. The average molecular weight is 215 g/mol. The summed E-state index contributed by atoms with van der Waals surface area (Å²) in [4.78, 5) is 6.99. The molecule has 4 heteroatoms. The molecule has 0 amide bonds. The molecule has 0 aliphatic carbocycles. The predicted molar refractivity (Wildman–Crippen MR) is 63.3 cm³/mol. The molecule has 0 N–H and O–H groups in total. The standard InChI is InChI=1S/C6H14N2.C5H11NO/c1-7-3-5-8(2)6-4-7;1-6-2-4-7-5-3-6/h3-6H2,1-2H3;2-5H2,1H3. The lowest BCUT2D eigenvalue weighted by molar-refractivity contribution is 0.0503. The average Bonchev–Trinajstić information content (AvgIpc) is 2.25. The van der Waals surface area contributed by atoms with Gasteiger partial charge < -0.3 is 19.4 Å². The Balaban J connectivity index is 0.000000151. The van der Waals surface area contributed by atoms with Crippen LogP contribution >= 0.6 is 0 Å². The second-order valence-electron chi connectivity index (χ2n) is 4.52. The number of rotatable bonds is 0. The molecule has 0 aromatic rings. The number of morpholine rings is 1. The molecular formula is C11H25N3O. The minimum absolute atomic E-state index is 0.913. The maximum atomic E-state index is 5.10. The Hall–Kier alpha value is -0.160. The van der Waals surface area contributed by atoms with Crippen molar-refractivity contribution in [3.63, 3.8) is 0 Å². The van der Waals surface area contributed by atoms with Gasteiger partial charge in [0.1, 0.15) is 0 Å². The van der Waals surface area contributed by atoms with E-state index in [0.717, 1.165) is 26.3 Å². The Morgan fingerprint density at radius 2 is 0.933 bits per heavy atom. The van der Waals surface area contributed by atoms with Crippen LogP contribution in [0.4, 0.5) is 0 Å². The van der Waals surface area contributed by atoms with Gasteiger partial charge in [-0.1, -0.05) is 0 Å².